The summed E-state index contributed by atoms with van der Waals surface area (Å²) >= 11 is 1.91. The van der Waals surface area contributed by atoms with E-state index in [9.17, 15) is 0 Å². The minimum Gasteiger partial charge on any atom is -0.381 e. The van der Waals surface area contributed by atoms with Crippen molar-refractivity contribution in [3.63, 3.8) is 0 Å². The molecule has 0 amide bonds. The Morgan fingerprint density at radius 2 is 2.46 bits per heavy atom. The third kappa shape index (κ3) is 1.81. The highest BCUT2D eigenvalue weighted by molar-refractivity contribution is 7.99. The van der Waals surface area contributed by atoms with Crippen LogP contribution in [-0.2, 0) is 6.54 Å². The molecule has 1 aliphatic rings. The van der Waals surface area contributed by atoms with Crippen molar-refractivity contribution in [3.8, 4) is 0 Å². The highest BCUT2D eigenvalue weighted by Gasteiger charge is 2.13. The summed E-state index contributed by atoms with van der Waals surface area (Å²) in [6, 6.07) is 6.96. The lowest BCUT2D eigenvalue weighted by Crippen LogP contribution is -2.22. The summed E-state index contributed by atoms with van der Waals surface area (Å²) in [5, 5.41) is 3.45. The SMILES string of the molecule is CC1CSc2cc(CN)ccc2N1. The summed E-state index contributed by atoms with van der Waals surface area (Å²) in [4.78, 5) is 1.33. The van der Waals surface area contributed by atoms with Crippen LogP contribution in [0.15, 0.2) is 23.1 Å². The van der Waals surface area contributed by atoms with E-state index in [1.165, 1.54) is 16.1 Å². The predicted octanol–water partition coefficient (Wildman–Crippen LogP) is 2.05. The standard InChI is InChI=1S/C10H14N2S/c1-7-6-13-10-4-8(5-11)2-3-9(10)12-7/h2-4,7,12H,5-6,11H2,1H3. The van der Waals surface area contributed by atoms with Crippen LogP contribution in [0.2, 0.25) is 0 Å². The molecule has 0 spiro atoms. The summed E-state index contributed by atoms with van der Waals surface area (Å²) in [7, 11) is 0. The normalized spacial score (nSPS) is 20.6. The van der Waals surface area contributed by atoms with Gasteiger partial charge >= 0.3 is 0 Å². The molecule has 0 radical (unpaired) electrons. The average molecular weight is 194 g/mol. The van der Waals surface area contributed by atoms with E-state index in [0.29, 0.717) is 12.6 Å². The van der Waals surface area contributed by atoms with Crippen molar-refractivity contribution in [2.45, 2.75) is 24.4 Å². The number of thioether (sulfide) groups is 1. The molecule has 1 aromatic rings. The minimum absolute atomic E-state index is 0.571. The maximum Gasteiger partial charge on any atom is 0.0480 e. The van der Waals surface area contributed by atoms with E-state index < -0.39 is 0 Å². The Labute approximate surface area is 82.9 Å². The van der Waals surface area contributed by atoms with Gasteiger partial charge < -0.3 is 11.1 Å². The van der Waals surface area contributed by atoms with Gasteiger partial charge in [-0.15, -0.1) is 11.8 Å². The average Bonchev–Trinajstić information content (AvgIpc) is 2.17. The second-order valence-electron chi connectivity index (χ2n) is 3.39. The molecule has 70 valence electrons. The third-order valence-corrected chi connectivity index (χ3v) is 3.49. The Hall–Kier alpha value is -0.670. The Morgan fingerprint density at radius 1 is 1.62 bits per heavy atom. The molecule has 1 atom stereocenters. The van der Waals surface area contributed by atoms with Crippen LogP contribution in [0.5, 0.6) is 0 Å². The molecular formula is C10H14N2S. The predicted molar refractivity (Wildman–Crippen MR) is 58.1 cm³/mol. The molecule has 3 N–H and O–H groups in total. The highest BCUT2D eigenvalue weighted by Crippen LogP contribution is 2.33. The Kier molecular flexibility index (Phi) is 2.47. The lowest BCUT2D eigenvalue weighted by atomic mass is 10.2. The maximum absolute atomic E-state index is 5.58. The first kappa shape index (κ1) is 8.91. The molecule has 2 rings (SSSR count). The second-order valence-corrected chi connectivity index (χ2v) is 4.45. The summed E-state index contributed by atoms with van der Waals surface area (Å²) in [6.07, 6.45) is 0. The van der Waals surface area contributed by atoms with Crippen LogP contribution < -0.4 is 11.1 Å². The smallest absolute Gasteiger partial charge is 0.0480 e. The number of benzene rings is 1. The number of anilines is 1. The van der Waals surface area contributed by atoms with E-state index in [2.05, 4.69) is 30.4 Å². The van der Waals surface area contributed by atoms with Gasteiger partial charge in [-0.2, -0.15) is 0 Å². The molecule has 0 saturated carbocycles. The second kappa shape index (κ2) is 3.60. The first-order chi connectivity index (χ1) is 6.29. The van der Waals surface area contributed by atoms with Crippen molar-refractivity contribution in [1.29, 1.82) is 0 Å². The molecule has 0 bridgehead atoms. The van der Waals surface area contributed by atoms with Crippen molar-refractivity contribution in [2.24, 2.45) is 5.73 Å². The van der Waals surface area contributed by atoms with Crippen LogP contribution in [0.25, 0.3) is 0 Å². The Balaban J connectivity index is 2.31. The zero-order valence-electron chi connectivity index (χ0n) is 7.71. The van der Waals surface area contributed by atoms with Crippen molar-refractivity contribution < 1.29 is 0 Å². The first-order valence-electron chi connectivity index (χ1n) is 4.52. The van der Waals surface area contributed by atoms with Gasteiger partial charge in [-0.05, 0) is 24.6 Å². The number of nitrogens with two attached hydrogens (primary N) is 1. The van der Waals surface area contributed by atoms with Crippen LogP contribution in [0.4, 0.5) is 5.69 Å². The molecule has 1 aliphatic heterocycles. The van der Waals surface area contributed by atoms with Crippen LogP contribution in [0, 0.1) is 0 Å². The van der Waals surface area contributed by atoms with Gasteiger partial charge in [-0.1, -0.05) is 6.07 Å². The van der Waals surface area contributed by atoms with Gasteiger partial charge in [0.1, 0.15) is 0 Å². The lowest BCUT2D eigenvalue weighted by Gasteiger charge is -2.23. The lowest BCUT2D eigenvalue weighted by molar-refractivity contribution is 0.892. The van der Waals surface area contributed by atoms with Gasteiger partial charge in [0, 0.05) is 28.9 Å². The van der Waals surface area contributed by atoms with E-state index >= 15 is 0 Å². The van der Waals surface area contributed by atoms with Crippen LogP contribution in [0.1, 0.15) is 12.5 Å². The number of fused-ring (bicyclic) bond motifs is 1. The number of hydrogen-bond acceptors (Lipinski definition) is 3. The molecule has 1 heterocycles. The topological polar surface area (TPSA) is 38.0 Å². The zero-order valence-corrected chi connectivity index (χ0v) is 8.53. The van der Waals surface area contributed by atoms with E-state index in [1.807, 2.05) is 11.8 Å². The molecule has 3 heteroatoms. The monoisotopic (exact) mass is 194 g/mol. The van der Waals surface area contributed by atoms with Gasteiger partial charge in [0.2, 0.25) is 0 Å². The van der Waals surface area contributed by atoms with E-state index in [0.717, 1.165) is 5.75 Å². The largest absolute Gasteiger partial charge is 0.381 e. The fourth-order valence-electron chi connectivity index (χ4n) is 1.45. The molecule has 1 aromatic carbocycles. The van der Waals surface area contributed by atoms with Gasteiger partial charge in [0.25, 0.3) is 0 Å². The minimum atomic E-state index is 0.571. The number of nitrogens with one attached hydrogen (secondary N) is 1. The van der Waals surface area contributed by atoms with Crippen LogP contribution >= 0.6 is 11.8 Å². The summed E-state index contributed by atoms with van der Waals surface area (Å²) in [5.41, 5.74) is 8.04. The number of hydrogen-bond donors (Lipinski definition) is 2. The van der Waals surface area contributed by atoms with Gasteiger partial charge in [0.15, 0.2) is 0 Å². The van der Waals surface area contributed by atoms with Crippen LogP contribution in [-0.4, -0.2) is 11.8 Å². The van der Waals surface area contributed by atoms with Gasteiger partial charge in [0.05, 0.1) is 0 Å². The van der Waals surface area contributed by atoms with Crippen molar-refractivity contribution in [3.05, 3.63) is 23.8 Å². The summed E-state index contributed by atoms with van der Waals surface area (Å²) in [6.45, 7) is 2.83. The van der Waals surface area contributed by atoms with E-state index in [4.69, 9.17) is 5.73 Å². The van der Waals surface area contributed by atoms with Gasteiger partial charge in [-0.3, -0.25) is 0 Å². The Bertz CT molecular complexity index is 312. The quantitative estimate of drug-likeness (QED) is 0.718. The summed E-state index contributed by atoms with van der Waals surface area (Å²) in [5.74, 6) is 1.14. The molecule has 0 aliphatic carbocycles. The fraction of sp³-hybridized carbons (Fsp3) is 0.400. The molecule has 2 nitrogen and oxygen atoms in total. The third-order valence-electron chi connectivity index (χ3n) is 2.17. The van der Waals surface area contributed by atoms with Crippen molar-refractivity contribution in [1.82, 2.24) is 0 Å². The molecule has 13 heavy (non-hydrogen) atoms. The van der Waals surface area contributed by atoms with Crippen molar-refractivity contribution >= 4 is 17.4 Å². The van der Waals surface area contributed by atoms with E-state index in [1.54, 1.807) is 0 Å². The molecule has 0 aromatic heterocycles. The Morgan fingerprint density at radius 3 is 3.23 bits per heavy atom. The highest BCUT2D eigenvalue weighted by atomic mass is 32.2. The maximum atomic E-state index is 5.58. The zero-order chi connectivity index (χ0) is 9.26. The van der Waals surface area contributed by atoms with E-state index in [-0.39, 0.29) is 0 Å². The van der Waals surface area contributed by atoms with Crippen LogP contribution in [0.3, 0.4) is 0 Å². The molecule has 0 saturated heterocycles. The van der Waals surface area contributed by atoms with Crippen molar-refractivity contribution in [2.75, 3.05) is 11.1 Å². The molecule has 1 unspecified atom stereocenters. The molecular weight excluding hydrogens is 180 g/mol. The fourth-order valence-corrected chi connectivity index (χ4v) is 2.48. The summed E-state index contributed by atoms with van der Waals surface area (Å²) < 4.78 is 0. The number of rotatable bonds is 1. The first-order valence-corrected chi connectivity index (χ1v) is 5.50. The van der Waals surface area contributed by atoms with Gasteiger partial charge in [-0.25, -0.2) is 0 Å². The molecule has 0 fully saturated rings.